The molecule has 0 atom stereocenters. The Morgan fingerprint density at radius 3 is 0.917 bits per heavy atom. The predicted molar refractivity (Wildman–Crippen MR) is 146 cm³/mol. The molecule has 0 aromatic heterocycles. The summed E-state index contributed by atoms with van der Waals surface area (Å²) in [5.41, 5.74) is -1.83. The van der Waals surface area contributed by atoms with E-state index in [2.05, 4.69) is 38.0 Å². The van der Waals surface area contributed by atoms with Crippen molar-refractivity contribution in [2.75, 3.05) is 41.3 Å². The van der Waals surface area contributed by atoms with Crippen LogP contribution in [0.3, 0.4) is 0 Å². The number of hydrogen-bond acceptors (Lipinski definition) is 6. The Labute approximate surface area is 233 Å². The van der Waals surface area contributed by atoms with Gasteiger partial charge in [-0.15, -0.1) is 11.5 Å². The van der Waals surface area contributed by atoms with Gasteiger partial charge in [0.2, 0.25) is 0 Å². The molecule has 0 saturated heterocycles. The smallest absolute Gasteiger partial charge is 0.875 e. The van der Waals surface area contributed by atoms with E-state index in [1.54, 1.807) is 0 Å². The molecule has 0 fully saturated rings. The molecule has 0 rings (SSSR count). The van der Waals surface area contributed by atoms with Gasteiger partial charge in [-0.1, -0.05) is 83.1 Å². The summed E-state index contributed by atoms with van der Waals surface area (Å²) in [5, 5.41) is 22.9. The molecule has 0 amide bonds. The summed E-state index contributed by atoms with van der Waals surface area (Å²) in [5.74, 6) is -0.417. The SMILES string of the molecule is CC(C)(C)C(=O)/C=C(\[O-])C(C)(C)C.CC(C)(C)C(=O)/C=C(\[O-])C(C)(C)C.CN(C)CCCN(C)C.[Ni+2]. The predicted octanol–water partition coefficient (Wildman–Crippen LogP) is 4.28. The van der Waals surface area contributed by atoms with Gasteiger partial charge in [0.1, 0.15) is 0 Å². The standard InChI is InChI=1S/2C11H20O2.C7H18N2.Ni/c2*1-10(2,3)8(12)7-9(13)11(4,5)6;1-8(2)6-5-7-9(3)4;/h2*7,12H,1-6H3;5-7H2,1-4H3;/q;;;+2/p-2/b2*8-7-;;. The van der Waals surface area contributed by atoms with E-state index in [1.807, 2.05) is 83.1 Å². The van der Waals surface area contributed by atoms with Crippen LogP contribution in [-0.4, -0.2) is 62.6 Å². The Kier molecular flexibility index (Phi) is 20.2. The van der Waals surface area contributed by atoms with Gasteiger partial charge in [-0.05, 0) is 70.7 Å². The molecule has 0 aliphatic carbocycles. The fourth-order valence-electron chi connectivity index (χ4n) is 1.81. The second-order valence-electron chi connectivity index (χ2n) is 13.7. The zero-order valence-electron chi connectivity index (χ0n) is 26.1. The molecule has 0 spiro atoms. The van der Waals surface area contributed by atoms with Crippen molar-refractivity contribution in [2.45, 2.75) is 89.5 Å². The second-order valence-corrected chi connectivity index (χ2v) is 13.7. The van der Waals surface area contributed by atoms with Crippen LogP contribution < -0.4 is 10.2 Å². The van der Waals surface area contributed by atoms with Gasteiger partial charge in [0.05, 0.1) is 0 Å². The van der Waals surface area contributed by atoms with E-state index in [0.29, 0.717) is 0 Å². The third kappa shape index (κ3) is 24.5. The van der Waals surface area contributed by atoms with Crippen molar-refractivity contribution in [1.82, 2.24) is 9.80 Å². The summed E-state index contributed by atoms with van der Waals surface area (Å²) in [4.78, 5) is 27.3. The number of carbonyl (C=O) groups excluding carboxylic acids is 2. The molecule has 36 heavy (non-hydrogen) atoms. The van der Waals surface area contributed by atoms with Crippen LogP contribution in [0, 0.1) is 21.7 Å². The first-order chi connectivity index (χ1) is 15.2. The first-order valence-corrected chi connectivity index (χ1v) is 12.4. The Bertz CT molecular complexity index is 637. The van der Waals surface area contributed by atoms with E-state index in [0.717, 1.165) is 0 Å². The van der Waals surface area contributed by atoms with E-state index in [-0.39, 0.29) is 39.6 Å². The molecule has 6 nitrogen and oxygen atoms in total. The number of ketones is 2. The van der Waals surface area contributed by atoms with Crippen molar-refractivity contribution in [3.05, 3.63) is 23.7 Å². The van der Waals surface area contributed by atoms with Crippen LogP contribution in [0.15, 0.2) is 23.7 Å². The van der Waals surface area contributed by atoms with Crippen molar-refractivity contribution < 1.29 is 36.3 Å². The molecule has 0 heterocycles. The number of allylic oxidation sites excluding steroid dienone is 4. The van der Waals surface area contributed by atoms with Crippen LogP contribution in [0.2, 0.25) is 0 Å². The van der Waals surface area contributed by atoms with Gasteiger partial charge in [-0.3, -0.25) is 9.59 Å². The van der Waals surface area contributed by atoms with Gasteiger partial charge < -0.3 is 20.0 Å². The summed E-state index contributed by atoms with van der Waals surface area (Å²) in [7, 11) is 8.43. The van der Waals surface area contributed by atoms with E-state index in [4.69, 9.17) is 0 Å². The van der Waals surface area contributed by atoms with Gasteiger partial charge in [0.15, 0.2) is 11.6 Å². The first-order valence-electron chi connectivity index (χ1n) is 12.4. The van der Waals surface area contributed by atoms with Crippen molar-refractivity contribution in [3.8, 4) is 0 Å². The number of hydrogen-bond donors (Lipinski definition) is 0. The Morgan fingerprint density at radius 1 is 0.556 bits per heavy atom. The van der Waals surface area contributed by atoms with E-state index >= 15 is 0 Å². The minimum atomic E-state index is -0.457. The van der Waals surface area contributed by atoms with Crippen molar-refractivity contribution in [1.29, 1.82) is 0 Å². The fourth-order valence-corrected chi connectivity index (χ4v) is 1.81. The molecule has 0 aliphatic rings. The van der Waals surface area contributed by atoms with Crippen LogP contribution in [0.1, 0.15) is 89.5 Å². The number of carbonyl (C=O) groups is 2. The van der Waals surface area contributed by atoms with Gasteiger partial charge in [0, 0.05) is 10.8 Å². The molecular formula is C29H56N2NiO4. The Balaban J connectivity index is -0.000000214. The van der Waals surface area contributed by atoms with Crippen molar-refractivity contribution in [3.63, 3.8) is 0 Å². The minimum absolute atomic E-state index is 0. The number of rotatable bonds is 6. The van der Waals surface area contributed by atoms with Crippen LogP contribution >= 0.6 is 0 Å². The van der Waals surface area contributed by atoms with Gasteiger partial charge in [0.25, 0.3) is 0 Å². The summed E-state index contributed by atoms with van der Waals surface area (Å²) >= 11 is 0. The number of nitrogens with zero attached hydrogens (tertiary/aromatic N) is 2. The third-order valence-electron chi connectivity index (χ3n) is 4.69. The molecule has 216 valence electrons. The summed E-state index contributed by atoms with van der Waals surface area (Å²) in [6.07, 6.45) is 3.71. The largest absolute Gasteiger partial charge is 2.00 e. The monoisotopic (exact) mass is 554 g/mol. The minimum Gasteiger partial charge on any atom is -0.875 e. The average molecular weight is 555 g/mol. The van der Waals surface area contributed by atoms with Crippen LogP contribution in [0.25, 0.3) is 0 Å². The molecule has 0 radical (unpaired) electrons. The molecule has 0 N–H and O–H groups in total. The molecule has 0 bridgehead atoms. The van der Waals surface area contributed by atoms with Crippen molar-refractivity contribution in [2.24, 2.45) is 21.7 Å². The molecule has 7 heteroatoms. The van der Waals surface area contributed by atoms with Gasteiger partial charge >= 0.3 is 16.5 Å². The molecule has 0 aromatic rings. The fraction of sp³-hybridized carbons (Fsp3) is 0.793. The van der Waals surface area contributed by atoms with Crippen LogP contribution in [0.4, 0.5) is 0 Å². The third-order valence-corrected chi connectivity index (χ3v) is 4.69. The molecule has 0 aromatic carbocycles. The normalized spacial score (nSPS) is 13.3. The van der Waals surface area contributed by atoms with E-state index in [9.17, 15) is 19.8 Å². The summed E-state index contributed by atoms with van der Waals surface area (Å²) in [6.45, 7) is 24.1. The maximum absolute atomic E-state index is 11.4. The maximum Gasteiger partial charge on any atom is 2.00 e. The maximum atomic E-state index is 11.4. The molecule has 0 unspecified atom stereocenters. The summed E-state index contributed by atoms with van der Waals surface area (Å²) < 4.78 is 0. The first kappa shape index (κ1) is 41.9. The summed E-state index contributed by atoms with van der Waals surface area (Å²) in [6, 6.07) is 0. The Hall–Kier alpha value is -1.17. The van der Waals surface area contributed by atoms with E-state index in [1.165, 1.54) is 31.7 Å². The van der Waals surface area contributed by atoms with Crippen LogP contribution in [0.5, 0.6) is 0 Å². The van der Waals surface area contributed by atoms with Crippen molar-refractivity contribution >= 4 is 11.6 Å². The van der Waals surface area contributed by atoms with E-state index < -0.39 is 21.7 Å². The van der Waals surface area contributed by atoms with Crippen LogP contribution in [-0.2, 0) is 26.1 Å². The second kappa shape index (κ2) is 17.4. The zero-order chi connectivity index (χ0) is 29.0. The Morgan fingerprint density at radius 2 is 0.778 bits per heavy atom. The average Bonchev–Trinajstić information content (AvgIpc) is 2.58. The van der Waals surface area contributed by atoms with Gasteiger partial charge in [-0.25, -0.2) is 0 Å². The molecule has 0 saturated carbocycles. The molecule has 0 aliphatic heterocycles. The topological polar surface area (TPSA) is 86.7 Å². The molecular weight excluding hydrogens is 499 g/mol. The zero-order valence-corrected chi connectivity index (χ0v) is 27.1. The quantitative estimate of drug-likeness (QED) is 0.276. The van der Waals surface area contributed by atoms with Gasteiger partial charge in [-0.2, -0.15) is 0 Å².